The Morgan fingerprint density at radius 1 is 1.04 bits per heavy atom. The van der Waals surface area contributed by atoms with Gasteiger partial charge in [0.15, 0.2) is 0 Å². The highest BCUT2D eigenvalue weighted by Crippen LogP contribution is 2.27. The van der Waals surface area contributed by atoms with Crippen LogP contribution in [-0.4, -0.2) is 26.9 Å². The van der Waals surface area contributed by atoms with Crippen molar-refractivity contribution in [3.05, 3.63) is 71.9 Å². The first kappa shape index (κ1) is 18.5. The van der Waals surface area contributed by atoms with Crippen molar-refractivity contribution in [2.24, 2.45) is 0 Å². The molecule has 0 radical (unpaired) electrons. The van der Waals surface area contributed by atoms with Crippen molar-refractivity contribution in [2.45, 2.75) is 26.3 Å². The molecule has 0 saturated carbocycles. The maximum Gasteiger partial charge on any atom is 0.412 e. The predicted molar refractivity (Wildman–Crippen MR) is 110 cm³/mol. The van der Waals surface area contributed by atoms with Crippen LogP contribution in [0.3, 0.4) is 0 Å². The van der Waals surface area contributed by atoms with Crippen molar-refractivity contribution in [3.8, 4) is 11.3 Å². The van der Waals surface area contributed by atoms with Crippen molar-refractivity contribution in [2.75, 3.05) is 4.90 Å². The fraction of sp³-hybridized carbons (Fsp3) is 0.182. The lowest BCUT2D eigenvalue weighted by Gasteiger charge is -2.33. The summed E-state index contributed by atoms with van der Waals surface area (Å²) in [6, 6.07) is 19.4. The molecule has 1 heterocycles. The van der Waals surface area contributed by atoms with Gasteiger partial charge in [0.05, 0.1) is 11.4 Å². The molecular formula is C22H23N3O2. The normalized spacial score (nSPS) is 11.7. The zero-order valence-corrected chi connectivity index (χ0v) is 15.7. The smallest absolute Gasteiger partial charge is 0.412 e. The van der Waals surface area contributed by atoms with E-state index in [0.717, 1.165) is 22.5 Å². The Kier molecular flexibility index (Phi) is 5.12. The van der Waals surface area contributed by atoms with E-state index in [9.17, 15) is 9.90 Å². The second-order valence-corrected chi connectivity index (χ2v) is 7.29. The van der Waals surface area contributed by atoms with Crippen LogP contribution in [0.2, 0.25) is 0 Å². The van der Waals surface area contributed by atoms with Crippen LogP contribution in [0.4, 0.5) is 10.5 Å². The van der Waals surface area contributed by atoms with E-state index in [1.54, 1.807) is 0 Å². The van der Waals surface area contributed by atoms with Gasteiger partial charge in [-0.3, -0.25) is 10.00 Å². The molecular weight excluding hydrogens is 338 g/mol. The third kappa shape index (κ3) is 4.44. The van der Waals surface area contributed by atoms with E-state index in [1.807, 2.05) is 93.6 Å². The van der Waals surface area contributed by atoms with E-state index in [2.05, 4.69) is 10.2 Å². The van der Waals surface area contributed by atoms with Gasteiger partial charge >= 0.3 is 6.09 Å². The van der Waals surface area contributed by atoms with Crippen molar-refractivity contribution < 1.29 is 9.90 Å². The minimum Gasteiger partial charge on any atom is -0.465 e. The number of benzene rings is 2. The summed E-state index contributed by atoms with van der Waals surface area (Å²) in [6.07, 6.45) is 3.00. The molecule has 3 rings (SSSR count). The highest BCUT2D eigenvalue weighted by molar-refractivity contribution is 5.88. The van der Waals surface area contributed by atoms with E-state index in [-0.39, 0.29) is 0 Å². The zero-order chi connectivity index (χ0) is 19.4. The summed E-state index contributed by atoms with van der Waals surface area (Å²) in [7, 11) is 0. The van der Waals surface area contributed by atoms with Crippen LogP contribution >= 0.6 is 0 Å². The molecule has 27 heavy (non-hydrogen) atoms. The molecule has 0 unspecified atom stereocenters. The molecule has 5 nitrogen and oxygen atoms in total. The van der Waals surface area contributed by atoms with Gasteiger partial charge < -0.3 is 5.11 Å². The van der Waals surface area contributed by atoms with Gasteiger partial charge in [-0.15, -0.1) is 0 Å². The molecule has 0 atom stereocenters. The molecule has 0 spiro atoms. The Balaban J connectivity index is 1.79. The van der Waals surface area contributed by atoms with Crippen LogP contribution < -0.4 is 4.90 Å². The van der Waals surface area contributed by atoms with Gasteiger partial charge in [0.1, 0.15) is 0 Å². The lowest BCUT2D eigenvalue weighted by molar-refractivity contribution is 0.195. The summed E-state index contributed by atoms with van der Waals surface area (Å²) in [5, 5.41) is 16.9. The summed E-state index contributed by atoms with van der Waals surface area (Å²) < 4.78 is 0. The molecule has 3 aromatic rings. The standard InChI is InChI=1S/C22H23N3O2/c1-22(2,3)25(21(26)27)19-13-10-17(11-14-19)20-15-18(23-24-20)12-9-16-7-5-4-6-8-16/h4-15H,1-3H3,(H,23,24)(H,26,27)/b12-9+. The van der Waals surface area contributed by atoms with Crippen LogP contribution in [-0.2, 0) is 0 Å². The third-order valence-electron chi connectivity index (χ3n) is 4.14. The molecule has 2 aromatic carbocycles. The Bertz CT molecular complexity index is 936. The largest absolute Gasteiger partial charge is 0.465 e. The maximum atomic E-state index is 11.6. The molecule has 5 heteroatoms. The molecule has 1 amide bonds. The van der Waals surface area contributed by atoms with Gasteiger partial charge in [0.25, 0.3) is 0 Å². The van der Waals surface area contributed by atoms with Crippen LogP contribution in [0.1, 0.15) is 32.0 Å². The summed E-state index contributed by atoms with van der Waals surface area (Å²) in [6.45, 7) is 5.61. The first-order valence-electron chi connectivity index (χ1n) is 8.77. The van der Waals surface area contributed by atoms with Crippen molar-refractivity contribution in [1.29, 1.82) is 0 Å². The molecule has 1 aromatic heterocycles. The second-order valence-electron chi connectivity index (χ2n) is 7.29. The number of rotatable bonds is 4. The van der Waals surface area contributed by atoms with Gasteiger partial charge in [0.2, 0.25) is 0 Å². The molecule has 0 aliphatic rings. The van der Waals surface area contributed by atoms with Gasteiger partial charge in [-0.1, -0.05) is 48.5 Å². The number of nitrogens with one attached hydrogen (secondary N) is 1. The lowest BCUT2D eigenvalue weighted by atomic mass is 10.0. The molecule has 0 fully saturated rings. The zero-order valence-electron chi connectivity index (χ0n) is 15.7. The number of hydrogen-bond donors (Lipinski definition) is 2. The SMILES string of the molecule is CC(C)(C)N(C(=O)O)c1ccc(-c2cc(/C=C/c3ccccc3)n[nH]2)cc1. The number of H-pyrrole nitrogens is 1. The summed E-state index contributed by atoms with van der Waals surface area (Å²) >= 11 is 0. The molecule has 0 bridgehead atoms. The van der Waals surface area contributed by atoms with E-state index < -0.39 is 11.6 Å². The number of hydrogen-bond acceptors (Lipinski definition) is 2. The van der Waals surface area contributed by atoms with E-state index in [4.69, 9.17) is 0 Å². The van der Waals surface area contributed by atoms with Gasteiger partial charge in [0, 0.05) is 11.2 Å². The molecule has 0 aliphatic carbocycles. The minimum atomic E-state index is -0.967. The van der Waals surface area contributed by atoms with Crippen LogP contribution in [0.5, 0.6) is 0 Å². The number of carboxylic acid groups (broad SMARTS) is 1. The van der Waals surface area contributed by atoms with Gasteiger partial charge in [-0.05, 0) is 56.2 Å². The van der Waals surface area contributed by atoms with Crippen LogP contribution in [0.25, 0.3) is 23.4 Å². The number of amides is 1. The van der Waals surface area contributed by atoms with Crippen molar-refractivity contribution in [1.82, 2.24) is 10.2 Å². The summed E-state index contributed by atoms with van der Waals surface area (Å²) in [4.78, 5) is 13.0. The van der Waals surface area contributed by atoms with Crippen LogP contribution in [0, 0.1) is 0 Å². The van der Waals surface area contributed by atoms with Gasteiger partial charge in [-0.2, -0.15) is 5.10 Å². The molecule has 2 N–H and O–H groups in total. The quantitative estimate of drug-likeness (QED) is 0.642. The first-order chi connectivity index (χ1) is 12.8. The highest BCUT2D eigenvalue weighted by atomic mass is 16.4. The van der Waals surface area contributed by atoms with Gasteiger partial charge in [-0.25, -0.2) is 4.79 Å². The number of aromatic amines is 1. The Morgan fingerprint density at radius 2 is 1.70 bits per heavy atom. The lowest BCUT2D eigenvalue weighted by Crippen LogP contribution is -2.45. The number of nitrogens with zero attached hydrogens (tertiary/aromatic N) is 2. The fourth-order valence-corrected chi connectivity index (χ4v) is 2.89. The Morgan fingerprint density at radius 3 is 2.30 bits per heavy atom. The topological polar surface area (TPSA) is 69.2 Å². The van der Waals surface area contributed by atoms with E-state index >= 15 is 0 Å². The maximum absolute atomic E-state index is 11.6. The van der Waals surface area contributed by atoms with E-state index in [1.165, 1.54) is 4.90 Å². The fourth-order valence-electron chi connectivity index (χ4n) is 2.89. The Hall–Kier alpha value is -3.34. The van der Waals surface area contributed by atoms with Crippen molar-refractivity contribution >= 4 is 23.9 Å². The molecule has 138 valence electrons. The number of anilines is 1. The van der Waals surface area contributed by atoms with Crippen LogP contribution in [0.15, 0.2) is 60.7 Å². The summed E-state index contributed by atoms with van der Waals surface area (Å²) in [5.74, 6) is 0. The predicted octanol–water partition coefficient (Wildman–Crippen LogP) is 5.53. The molecule has 0 aliphatic heterocycles. The average molecular weight is 361 g/mol. The average Bonchev–Trinajstić information content (AvgIpc) is 3.09. The number of carbonyl (C=O) groups is 1. The highest BCUT2D eigenvalue weighted by Gasteiger charge is 2.27. The van der Waals surface area contributed by atoms with E-state index in [0.29, 0.717) is 5.69 Å². The summed E-state index contributed by atoms with van der Waals surface area (Å²) in [5.41, 5.74) is 3.90. The number of aromatic nitrogens is 2. The Labute approximate surface area is 159 Å². The first-order valence-corrected chi connectivity index (χ1v) is 8.77. The third-order valence-corrected chi connectivity index (χ3v) is 4.14. The molecule has 0 saturated heterocycles. The monoisotopic (exact) mass is 361 g/mol. The second kappa shape index (κ2) is 7.50. The van der Waals surface area contributed by atoms with Crippen molar-refractivity contribution in [3.63, 3.8) is 0 Å². The minimum absolute atomic E-state index is 0.517.